The summed E-state index contributed by atoms with van der Waals surface area (Å²) in [6.45, 7) is 0. The predicted molar refractivity (Wildman–Crippen MR) is 99.0 cm³/mol. The van der Waals surface area contributed by atoms with Crippen molar-refractivity contribution in [1.29, 1.82) is 5.26 Å². The first-order valence-electron chi connectivity index (χ1n) is 8.10. The molecule has 1 aliphatic rings. The molecule has 3 heteroatoms. The van der Waals surface area contributed by atoms with Gasteiger partial charge in [-0.3, -0.25) is 0 Å². The topological polar surface area (TPSA) is 59.0 Å². The number of nitrogens with two attached hydrogens (primary N) is 1. The second-order valence-corrected chi connectivity index (χ2v) is 5.93. The molecule has 1 unspecified atom stereocenters. The van der Waals surface area contributed by atoms with E-state index in [4.69, 9.17) is 10.5 Å². The number of allylic oxidation sites excluding steroid dienone is 2. The van der Waals surface area contributed by atoms with Crippen LogP contribution in [0.1, 0.15) is 17.0 Å². The van der Waals surface area contributed by atoms with Crippen molar-refractivity contribution in [2.45, 2.75) is 5.92 Å². The number of rotatable bonds is 2. The van der Waals surface area contributed by atoms with Crippen molar-refractivity contribution >= 4 is 16.5 Å². The summed E-state index contributed by atoms with van der Waals surface area (Å²) in [6.07, 6.45) is 1.98. The largest absolute Gasteiger partial charge is 0.440 e. The minimum atomic E-state index is -0.236. The number of hydrogen-bond acceptors (Lipinski definition) is 3. The smallest absolute Gasteiger partial charge is 0.205 e. The molecule has 4 rings (SSSR count). The Hall–Kier alpha value is -3.51. The van der Waals surface area contributed by atoms with Crippen LogP contribution in [0.25, 0.3) is 16.5 Å². The minimum absolute atomic E-state index is 0.168. The van der Waals surface area contributed by atoms with Crippen molar-refractivity contribution in [2.24, 2.45) is 5.73 Å². The Labute approximate surface area is 146 Å². The molecule has 0 fully saturated rings. The highest BCUT2D eigenvalue weighted by molar-refractivity contribution is 5.87. The summed E-state index contributed by atoms with van der Waals surface area (Å²) in [7, 11) is 0. The van der Waals surface area contributed by atoms with E-state index in [0.29, 0.717) is 11.3 Å². The van der Waals surface area contributed by atoms with Gasteiger partial charge in [0.2, 0.25) is 5.88 Å². The maximum Gasteiger partial charge on any atom is 0.205 e. The first kappa shape index (κ1) is 15.0. The van der Waals surface area contributed by atoms with Gasteiger partial charge in [0, 0.05) is 11.5 Å². The van der Waals surface area contributed by atoms with Crippen LogP contribution in [0.5, 0.6) is 0 Å². The lowest BCUT2D eigenvalue weighted by Gasteiger charge is -2.24. The zero-order valence-corrected chi connectivity index (χ0v) is 13.5. The van der Waals surface area contributed by atoms with E-state index < -0.39 is 0 Å². The van der Waals surface area contributed by atoms with Crippen LogP contribution in [0.15, 0.2) is 90.3 Å². The number of nitriles is 1. The van der Waals surface area contributed by atoms with Gasteiger partial charge in [-0.1, -0.05) is 72.8 Å². The molecule has 0 aromatic heterocycles. The molecule has 3 aromatic rings. The van der Waals surface area contributed by atoms with Crippen LogP contribution in [0.4, 0.5) is 0 Å². The Kier molecular flexibility index (Phi) is 3.72. The van der Waals surface area contributed by atoms with Gasteiger partial charge in [-0.2, -0.15) is 5.26 Å². The third-order valence-electron chi connectivity index (χ3n) is 4.45. The monoisotopic (exact) mass is 324 g/mol. The van der Waals surface area contributed by atoms with Gasteiger partial charge >= 0.3 is 0 Å². The summed E-state index contributed by atoms with van der Waals surface area (Å²) in [5.74, 6) is 0.608. The number of fused-ring (bicyclic) bond motifs is 1. The Balaban J connectivity index is 1.91. The molecule has 0 bridgehead atoms. The van der Waals surface area contributed by atoms with Crippen molar-refractivity contribution in [3.63, 3.8) is 0 Å². The molecule has 2 N–H and O–H groups in total. The summed E-state index contributed by atoms with van der Waals surface area (Å²) in [6, 6.07) is 26.3. The van der Waals surface area contributed by atoms with Crippen LogP contribution in [-0.4, -0.2) is 0 Å². The van der Waals surface area contributed by atoms with Gasteiger partial charge in [-0.05, 0) is 22.4 Å². The van der Waals surface area contributed by atoms with Crippen LogP contribution in [-0.2, 0) is 4.74 Å². The van der Waals surface area contributed by atoms with Crippen molar-refractivity contribution in [1.82, 2.24) is 0 Å². The van der Waals surface area contributed by atoms with Crippen LogP contribution >= 0.6 is 0 Å². The van der Waals surface area contributed by atoms with Crippen molar-refractivity contribution < 1.29 is 4.74 Å². The fraction of sp³-hybridized carbons (Fsp3) is 0.0455. The van der Waals surface area contributed by atoms with E-state index in [2.05, 4.69) is 24.3 Å². The number of ether oxygens (including phenoxy) is 1. The summed E-state index contributed by atoms with van der Waals surface area (Å²) in [5.41, 5.74) is 8.51. The SMILES string of the molecule is N#CC1=C(N)OC(c2ccccc2)=CC1c1cccc2ccccc12. The van der Waals surface area contributed by atoms with Crippen molar-refractivity contribution in [3.8, 4) is 6.07 Å². The molecule has 120 valence electrons. The standard InChI is InChI=1S/C22H16N2O/c23-14-20-19(18-12-6-10-15-7-4-5-11-17(15)18)13-21(25-22(20)24)16-8-2-1-3-9-16/h1-13,19H,24H2. The maximum atomic E-state index is 9.62. The number of benzene rings is 3. The Morgan fingerprint density at radius 1 is 0.880 bits per heavy atom. The molecule has 0 aliphatic carbocycles. The van der Waals surface area contributed by atoms with Crippen molar-refractivity contribution in [3.05, 3.63) is 101 Å². The third kappa shape index (κ3) is 2.64. The summed E-state index contributed by atoms with van der Waals surface area (Å²) in [4.78, 5) is 0. The molecule has 25 heavy (non-hydrogen) atoms. The van der Waals surface area contributed by atoms with Gasteiger partial charge < -0.3 is 10.5 Å². The molecule has 1 heterocycles. The molecule has 3 aromatic carbocycles. The lowest BCUT2D eigenvalue weighted by molar-refractivity contribution is 0.360. The molecular weight excluding hydrogens is 308 g/mol. The normalized spacial score (nSPS) is 16.9. The fourth-order valence-corrected chi connectivity index (χ4v) is 3.24. The van der Waals surface area contributed by atoms with E-state index in [1.807, 2.05) is 60.7 Å². The predicted octanol–water partition coefficient (Wildman–Crippen LogP) is 4.69. The summed E-state index contributed by atoms with van der Waals surface area (Å²) in [5, 5.41) is 11.9. The molecule has 1 aliphatic heterocycles. The minimum Gasteiger partial charge on any atom is -0.440 e. The highest BCUT2D eigenvalue weighted by Gasteiger charge is 2.26. The first-order valence-corrected chi connectivity index (χ1v) is 8.10. The lowest BCUT2D eigenvalue weighted by atomic mass is 9.86. The number of nitrogens with zero attached hydrogens (tertiary/aromatic N) is 1. The molecule has 0 radical (unpaired) electrons. The van der Waals surface area contributed by atoms with E-state index in [0.717, 1.165) is 21.9 Å². The second-order valence-electron chi connectivity index (χ2n) is 5.93. The number of hydrogen-bond donors (Lipinski definition) is 1. The average Bonchev–Trinajstić information content (AvgIpc) is 2.67. The van der Waals surface area contributed by atoms with Crippen molar-refractivity contribution in [2.75, 3.05) is 0 Å². The second kappa shape index (κ2) is 6.18. The summed E-state index contributed by atoms with van der Waals surface area (Å²) >= 11 is 0. The van der Waals surface area contributed by atoms with Crippen LogP contribution < -0.4 is 5.73 Å². The van der Waals surface area contributed by atoms with Gasteiger partial charge in [-0.25, -0.2) is 0 Å². The zero-order chi connectivity index (χ0) is 17.2. The van der Waals surface area contributed by atoms with Gasteiger partial charge in [-0.15, -0.1) is 0 Å². The van der Waals surface area contributed by atoms with E-state index in [1.165, 1.54) is 0 Å². The molecule has 0 amide bonds. The van der Waals surface area contributed by atoms with Gasteiger partial charge in [0.25, 0.3) is 0 Å². The van der Waals surface area contributed by atoms with E-state index in [1.54, 1.807) is 0 Å². The van der Waals surface area contributed by atoms with E-state index >= 15 is 0 Å². The Morgan fingerprint density at radius 3 is 2.40 bits per heavy atom. The quantitative estimate of drug-likeness (QED) is 0.744. The third-order valence-corrected chi connectivity index (χ3v) is 4.45. The van der Waals surface area contributed by atoms with Gasteiger partial charge in [0.15, 0.2) is 0 Å². The highest BCUT2D eigenvalue weighted by atomic mass is 16.5. The zero-order valence-electron chi connectivity index (χ0n) is 13.5. The van der Waals surface area contributed by atoms with Crippen LogP contribution in [0, 0.1) is 11.3 Å². The van der Waals surface area contributed by atoms with Crippen LogP contribution in [0.2, 0.25) is 0 Å². The molecule has 0 saturated heterocycles. The Bertz CT molecular complexity index is 1040. The molecule has 0 saturated carbocycles. The van der Waals surface area contributed by atoms with Gasteiger partial charge in [0.1, 0.15) is 17.4 Å². The lowest BCUT2D eigenvalue weighted by Crippen LogP contribution is -2.16. The average molecular weight is 324 g/mol. The van der Waals surface area contributed by atoms with E-state index in [-0.39, 0.29) is 11.8 Å². The maximum absolute atomic E-state index is 9.62. The molecule has 1 atom stereocenters. The summed E-state index contributed by atoms with van der Waals surface area (Å²) < 4.78 is 5.74. The fourth-order valence-electron chi connectivity index (χ4n) is 3.24. The molecule has 0 spiro atoms. The Morgan fingerprint density at radius 2 is 1.60 bits per heavy atom. The van der Waals surface area contributed by atoms with Crippen LogP contribution in [0.3, 0.4) is 0 Å². The first-order chi connectivity index (χ1) is 12.3. The van der Waals surface area contributed by atoms with E-state index in [9.17, 15) is 5.26 Å². The molecule has 3 nitrogen and oxygen atoms in total. The molecular formula is C22H16N2O. The highest BCUT2D eigenvalue weighted by Crippen LogP contribution is 2.38. The van der Waals surface area contributed by atoms with Gasteiger partial charge in [0.05, 0.1) is 0 Å².